The molecule has 0 saturated carbocycles. The summed E-state index contributed by atoms with van der Waals surface area (Å²) in [7, 11) is 1.74. The number of piperidine rings is 1. The van der Waals surface area contributed by atoms with E-state index in [2.05, 4.69) is 69.0 Å². The Hall–Kier alpha value is -2.26. The Morgan fingerprint density at radius 3 is 2.70 bits per heavy atom. The molecule has 1 fully saturated rings. The van der Waals surface area contributed by atoms with E-state index < -0.39 is 0 Å². The molecule has 0 amide bonds. The SMILES string of the molecule is COc1cc(CC(C)C)ccc1COc1ccc2c(c1)CCC(CN1CCCC(C)C1)=C2C. The Bertz CT molecular complexity index is 991. The molecule has 2 aliphatic rings. The minimum Gasteiger partial charge on any atom is -0.496 e. The van der Waals surface area contributed by atoms with Gasteiger partial charge in [0.2, 0.25) is 0 Å². The summed E-state index contributed by atoms with van der Waals surface area (Å²) >= 11 is 0. The summed E-state index contributed by atoms with van der Waals surface area (Å²) in [6.45, 7) is 13.4. The number of fused-ring (bicyclic) bond motifs is 1. The van der Waals surface area contributed by atoms with Gasteiger partial charge in [0, 0.05) is 18.7 Å². The van der Waals surface area contributed by atoms with Crippen molar-refractivity contribution < 1.29 is 9.47 Å². The van der Waals surface area contributed by atoms with Crippen molar-refractivity contribution in [1.29, 1.82) is 0 Å². The van der Waals surface area contributed by atoms with Crippen LogP contribution in [0.3, 0.4) is 0 Å². The summed E-state index contributed by atoms with van der Waals surface area (Å²) < 4.78 is 11.9. The molecule has 2 aromatic carbocycles. The standard InChI is InChI=1S/C30H41NO2/c1-21(2)15-24-8-9-27(30(16-24)32-5)20-33-28-12-13-29-23(4)26(11-10-25(29)17-28)19-31-14-6-7-22(3)18-31/h8-9,12-13,16-17,21-22H,6-7,10-11,14-15,18-20H2,1-5H3. The quantitative estimate of drug-likeness (QED) is 0.438. The highest BCUT2D eigenvalue weighted by atomic mass is 16.5. The van der Waals surface area contributed by atoms with Gasteiger partial charge in [-0.05, 0) is 97.9 Å². The molecule has 33 heavy (non-hydrogen) atoms. The zero-order chi connectivity index (χ0) is 23.4. The van der Waals surface area contributed by atoms with Gasteiger partial charge in [-0.1, -0.05) is 44.5 Å². The normalized spacial score (nSPS) is 19.0. The van der Waals surface area contributed by atoms with Crippen molar-refractivity contribution in [3.8, 4) is 11.5 Å². The molecule has 0 aromatic heterocycles. The van der Waals surface area contributed by atoms with Gasteiger partial charge in [-0.25, -0.2) is 0 Å². The van der Waals surface area contributed by atoms with E-state index in [0.717, 1.165) is 48.8 Å². The Morgan fingerprint density at radius 1 is 1.09 bits per heavy atom. The van der Waals surface area contributed by atoms with Crippen molar-refractivity contribution in [3.05, 3.63) is 64.2 Å². The summed E-state index contributed by atoms with van der Waals surface area (Å²) in [5, 5.41) is 0. The highest BCUT2D eigenvalue weighted by Crippen LogP contribution is 2.34. The maximum Gasteiger partial charge on any atom is 0.125 e. The maximum atomic E-state index is 6.21. The van der Waals surface area contributed by atoms with Crippen LogP contribution in [0.2, 0.25) is 0 Å². The molecule has 1 aliphatic carbocycles. The number of rotatable bonds is 8. The van der Waals surface area contributed by atoms with Crippen molar-refractivity contribution in [1.82, 2.24) is 4.90 Å². The van der Waals surface area contributed by atoms with Crippen LogP contribution in [-0.4, -0.2) is 31.6 Å². The van der Waals surface area contributed by atoms with Crippen LogP contribution in [0.4, 0.5) is 0 Å². The van der Waals surface area contributed by atoms with Gasteiger partial charge in [-0.15, -0.1) is 0 Å². The maximum absolute atomic E-state index is 6.21. The van der Waals surface area contributed by atoms with Crippen LogP contribution in [0.25, 0.3) is 5.57 Å². The summed E-state index contributed by atoms with van der Waals surface area (Å²) in [4.78, 5) is 2.66. The van der Waals surface area contributed by atoms with Crippen LogP contribution in [0, 0.1) is 11.8 Å². The minimum absolute atomic E-state index is 0.525. The van der Waals surface area contributed by atoms with Gasteiger partial charge < -0.3 is 9.47 Å². The monoisotopic (exact) mass is 447 g/mol. The van der Waals surface area contributed by atoms with E-state index >= 15 is 0 Å². The second-order valence-electron chi connectivity index (χ2n) is 10.6. The van der Waals surface area contributed by atoms with E-state index in [1.54, 1.807) is 12.7 Å². The fourth-order valence-corrected chi connectivity index (χ4v) is 5.46. The number of likely N-dealkylation sites (tertiary alicyclic amines) is 1. The second kappa shape index (κ2) is 10.8. The first-order valence-corrected chi connectivity index (χ1v) is 12.8. The third-order valence-corrected chi connectivity index (χ3v) is 7.25. The third kappa shape index (κ3) is 6.00. The highest BCUT2D eigenvalue weighted by molar-refractivity contribution is 5.72. The van der Waals surface area contributed by atoms with E-state index in [1.165, 1.54) is 48.2 Å². The van der Waals surface area contributed by atoms with Gasteiger partial charge in [0.25, 0.3) is 0 Å². The van der Waals surface area contributed by atoms with Crippen LogP contribution in [0.15, 0.2) is 42.0 Å². The number of hydrogen-bond donors (Lipinski definition) is 0. The third-order valence-electron chi connectivity index (χ3n) is 7.25. The molecule has 0 radical (unpaired) electrons. The van der Waals surface area contributed by atoms with Gasteiger partial charge >= 0.3 is 0 Å². The van der Waals surface area contributed by atoms with Crippen molar-refractivity contribution >= 4 is 5.57 Å². The van der Waals surface area contributed by atoms with E-state index in [0.29, 0.717) is 12.5 Å². The summed E-state index contributed by atoms with van der Waals surface area (Å²) in [5.74, 6) is 3.33. The number of hydrogen-bond acceptors (Lipinski definition) is 3. The van der Waals surface area contributed by atoms with E-state index in [9.17, 15) is 0 Å². The molecule has 2 aromatic rings. The highest BCUT2D eigenvalue weighted by Gasteiger charge is 2.21. The molecule has 4 rings (SSSR count). The van der Waals surface area contributed by atoms with Gasteiger partial charge in [-0.3, -0.25) is 4.90 Å². The van der Waals surface area contributed by atoms with E-state index in [1.807, 2.05) is 0 Å². The molecule has 3 nitrogen and oxygen atoms in total. The molecule has 0 spiro atoms. The molecule has 1 saturated heterocycles. The van der Waals surface area contributed by atoms with Gasteiger partial charge in [0.1, 0.15) is 18.1 Å². The predicted octanol–water partition coefficient (Wildman–Crippen LogP) is 6.92. The summed E-state index contributed by atoms with van der Waals surface area (Å²) in [6.07, 6.45) is 6.06. The predicted molar refractivity (Wildman–Crippen MR) is 138 cm³/mol. The number of ether oxygens (including phenoxy) is 2. The molecule has 178 valence electrons. The molecule has 0 N–H and O–H groups in total. The minimum atomic E-state index is 0.525. The molecule has 1 atom stereocenters. The topological polar surface area (TPSA) is 21.7 Å². The molecule has 1 heterocycles. The Balaban J connectivity index is 1.42. The van der Waals surface area contributed by atoms with Crippen molar-refractivity contribution in [2.24, 2.45) is 11.8 Å². The number of methoxy groups -OCH3 is 1. The van der Waals surface area contributed by atoms with Crippen molar-refractivity contribution in [3.63, 3.8) is 0 Å². The van der Waals surface area contributed by atoms with E-state index in [-0.39, 0.29) is 0 Å². The first kappa shape index (κ1) is 23.9. The van der Waals surface area contributed by atoms with Crippen LogP contribution < -0.4 is 9.47 Å². The van der Waals surface area contributed by atoms with Crippen molar-refractivity contribution in [2.45, 2.75) is 66.4 Å². The van der Waals surface area contributed by atoms with Gasteiger partial charge in [0.05, 0.1) is 7.11 Å². The number of aryl methyl sites for hydroxylation is 1. The average molecular weight is 448 g/mol. The molecule has 0 bridgehead atoms. The van der Waals surface area contributed by atoms with Gasteiger partial charge in [0.15, 0.2) is 0 Å². The molecular formula is C30H41NO2. The smallest absolute Gasteiger partial charge is 0.125 e. The molecular weight excluding hydrogens is 406 g/mol. The lowest BCUT2D eigenvalue weighted by molar-refractivity contribution is 0.196. The average Bonchev–Trinajstić information content (AvgIpc) is 2.79. The molecule has 1 unspecified atom stereocenters. The zero-order valence-corrected chi connectivity index (χ0v) is 21.2. The van der Waals surface area contributed by atoms with Crippen LogP contribution in [-0.2, 0) is 19.4 Å². The van der Waals surface area contributed by atoms with Crippen LogP contribution in [0.1, 0.15) is 69.2 Å². The number of nitrogens with zero attached hydrogens (tertiary/aromatic N) is 1. The number of allylic oxidation sites excluding steroid dienone is 1. The first-order valence-electron chi connectivity index (χ1n) is 12.8. The summed E-state index contributed by atoms with van der Waals surface area (Å²) in [6, 6.07) is 13.2. The molecule has 3 heteroatoms. The molecule has 1 aliphatic heterocycles. The fourth-order valence-electron chi connectivity index (χ4n) is 5.46. The lowest BCUT2D eigenvalue weighted by atomic mass is 9.85. The number of benzene rings is 2. The van der Waals surface area contributed by atoms with E-state index in [4.69, 9.17) is 9.47 Å². The second-order valence-corrected chi connectivity index (χ2v) is 10.6. The Kier molecular flexibility index (Phi) is 7.80. The van der Waals surface area contributed by atoms with Gasteiger partial charge in [-0.2, -0.15) is 0 Å². The lowest BCUT2D eigenvalue weighted by Gasteiger charge is -2.33. The zero-order valence-electron chi connectivity index (χ0n) is 21.2. The first-order chi connectivity index (χ1) is 15.9. The van der Waals surface area contributed by atoms with Crippen LogP contribution in [0.5, 0.6) is 11.5 Å². The fraction of sp³-hybridized carbons (Fsp3) is 0.533. The van der Waals surface area contributed by atoms with Crippen molar-refractivity contribution in [2.75, 3.05) is 26.7 Å². The largest absolute Gasteiger partial charge is 0.496 e. The lowest BCUT2D eigenvalue weighted by Crippen LogP contribution is -2.36. The van der Waals surface area contributed by atoms with Crippen LogP contribution >= 0.6 is 0 Å². The summed E-state index contributed by atoms with van der Waals surface area (Å²) in [5.41, 5.74) is 8.33. The Morgan fingerprint density at radius 2 is 1.94 bits per heavy atom. The Labute approximate surface area is 200 Å².